The molecule has 22 heavy (non-hydrogen) atoms. The highest BCUT2D eigenvalue weighted by atomic mass is 16.2. The number of hydrogen-bond donors (Lipinski definition) is 1. The number of ketones is 1. The molecule has 0 heterocycles. The van der Waals surface area contributed by atoms with Gasteiger partial charge in [-0.15, -0.1) is 0 Å². The van der Waals surface area contributed by atoms with E-state index in [0.29, 0.717) is 19.4 Å². The molecule has 0 saturated carbocycles. The first-order valence-electron chi connectivity index (χ1n) is 7.64. The maximum absolute atomic E-state index is 11.8. The summed E-state index contributed by atoms with van der Waals surface area (Å²) in [6.07, 6.45) is 2.56. The lowest BCUT2D eigenvalue weighted by Gasteiger charge is -2.05. The van der Waals surface area contributed by atoms with Crippen molar-refractivity contribution in [2.24, 2.45) is 0 Å². The van der Waals surface area contributed by atoms with E-state index in [4.69, 9.17) is 0 Å². The van der Waals surface area contributed by atoms with Crippen molar-refractivity contribution in [3.05, 3.63) is 71.8 Å². The van der Waals surface area contributed by atoms with Crippen molar-refractivity contribution in [2.75, 3.05) is 6.54 Å². The third kappa shape index (κ3) is 5.52. The second-order valence-electron chi connectivity index (χ2n) is 5.25. The summed E-state index contributed by atoms with van der Waals surface area (Å²) in [6, 6.07) is 19.9. The topological polar surface area (TPSA) is 46.2 Å². The molecule has 3 nitrogen and oxygen atoms in total. The maximum atomic E-state index is 11.8. The molecule has 0 radical (unpaired) electrons. The van der Waals surface area contributed by atoms with Crippen LogP contribution in [0.1, 0.15) is 24.0 Å². The molecule has 0 unspecified atom stereocenters. The number of carbonyl (C=O) groups is 2. The number of hydrogen-bond acceptors (Lipinski definition) is 2. The van der Waals surface area contributed by atoms with Gasteiger partial charge < -0.3 is 5.32 Å². The Morgan fingerprint density at radius 3 is 1.91 bits per heavy atom. The molecule has 0 aliphatic heterocycles. The minimum atomic E-state index is -0.469. The number of amides is 1. The smallest absolute Gasteiger partial charge is 0.287 e. The Labute approximate surface area is 131 Å². The van der Waals surface area contributed by atoms with Gasteiger partial charge in [-0.1, -0.05) is 60.7 Å². The lowest BCUT2D eigenvalue weighted by molar-refractivity contribution is -0.137. The molecule has 3 heteroatoms. The van der Waals surface area contributed by atoms with Gasteiger partial charge in [-0.3, -0.25) is 9.59 Å². The monoisotopic (exact) mass is 295 g/mol. The first kappa shape index (κ1) is 16.0. The van der Waals surface area contributed by atoms with Crippen molar-refractivity contribution in [3.63, 3.8) is 0 Å². The Balaban J connectivity index is 1.63. The summed E-state index contributed by atoms with van der Waals surface area (Å²) in [6.45, 7) is 0.493. The average molecular weight is 295 g/mol. The van der Waals surface area contributed by atoms with E-state index >= 15 is 0 Å². The first-order chi connectivity index (χ1) is 10.8. The summed E-state index contributed by atoms with van der Waals surface area (Å²) in [5, 5.41) is 2.69. The van der Waals surface area contributed by atoms with Crippen LogP contribution in [0, 0.1) is 0 Å². The van der Waals surface area contributed by atoms with E-state index in [1.807, 2.05) is 60.7 Å². The van der Waals surface area contributed by atoms with E-state index in [1.165, 1.54) is 5.56 Å². The van der Waals surface area contributed by atoms with Gasteiger partial charge in [-0.2, -0.15) is 0 Å². The van der Waals surface area contributed by atoms with Gasteiger partial charge in [0.15, 0.2) is 0 Å². The largest absolute Gasteiger partial charge is 0.349 e. The van der Waals surface area contributed by atoms with E-state index in [0.717, 1.165) is 18.4 Å². The lowest BCUT2D eigenvalue weighted by atomic mass is 10.1. The molecule has 0 aliphatic rings. The van der Waals surface area contributed by atoms with Crippen LogP contribution < -0.4 is 5.32 Å². The Bertz CT molecular complexity index is 538. The third-order valence-electron chi connectivity index (χ3n) is 3.51. The fourth-order valence-corrected chi connectivity index (χ4v) is 2.27. The van der Waals surface area contributed by atoms with Crippen LogP contribution in [0.2, 0.25) is 0 Å². The molecule has 2 aromatic carbocycles. The molecule has 0 fully saturated rings. The minimum absolute atomic E-state index is 0.298. The van der Waals surface area contributed by atoms with Crippen LogP contribution in [0.3, 0.4) is 0 Å². The zero-order valence-electron chi connectivity index (χ0n) is 12.6. The molecule has 2 aromatic rings. The second-order valence-corrected chi connectivity index (χ2v) is 5.25. The van der Waals surface area contributed by atoms with Crippen molar-refractivity contribution in [2.45, 2.75) is 25.7 Å². The molecule has 0 aromatic heterocycles. The average Bonchev–Trinajstić information content (AvgIpc) is 2.56. The summed E-state index contributed by atoms with van der Waals surface area (Å²) in [4.78, 5) is 23.5. The Kier molecular flexibility index (Phi) is 6.37. The number of rotatable bonds is 8. The standard InChI is InChI=1S/C19H21NO2/c21-18(13-7-12-16-8-3-1-4-9-16)19(22)20-15-14-17-10-5-2-6-11-17/h1-6,8-11H,7,12-15H2,(H,20,22). The minimum Gasteiger partial charge on any atom is -0.349 e. The van der Waals surface area contributed by atoms with E-state index < -0.39 is 5.91 Å². The predicted octanol–water partition coefficient (Wildman–Crippen LogP) is 2.94. The summed E-state index contributed by atoms with van der Waals surface area (Å²) in [5.74, 6) is -0.798. The van der Waals surface area contributed by atoms with E-state index in [-0.39, 0.29) is 5.78 Å². The van der Waals surface area contributed by atoms with Gasteiger partial charge in [0.1, 0.15) is 0 Å². The van der Waals surface area contributed by atoms with Crippen molar-refractivity contribution in [1.29, 1.82) is 0 Å². The number of aryl methyl sites for hydroxylation is 1. The van der Waals surface area contributed by atoms with Crippen LogP contribution in [0.15, 0.2) is 60.7 Å². The lowest BCUT2D eigenvalue weighted by Crippen LogP contribution is -2.32. The molecule has 0 bridgehead atoms. The van der Waals surface area contributed by atoms with Gasteiger partial charge in [-0.05, 0) is 30.4 Å². The fourth-order valence-electron chi connectivity index (χ4n) is 2.27. The summed E-state index contributed by atoms with van der Waals surface area (Å²) >= 11 is 0. The SMILES string of the molecule is O=C(CCCc1ccccc1)C(=O)NCCc1ccccc1. The van der Waals surface area contributed by atoms with Crippen molar-refractivity contribution in [3.8, 4) is 0 Å². The molecule has 2 rings (SSSR count). The zero-order valence-corrected chi connectivity index (χ0v) is 12.6. The summed E-state index contributed by atoms with van der Waals surface area (Å²) < 4.78 is 0. The van der Waals surface area contributed by atoms with E-state index in [1.54, 1.807) is 0 Å². The highest BCUT2D eigenvalue weighted by Crippen LogP contribution is 2.05. The van der Waals surface area contributed by atoms with Crippen LogP contribution >= 0.6 is 0 Å². The number of benzene rings is 2. The molecule has 0 atom stereocenters. The summed E-state index contributed by atoms with van der Waals surface area (Å²) in [7, 11) is 0. The molecule has 0 aliphatic carbocycles. The fraction of sp³-hybridized carbons (Fsp3) is 0.263. The van der Waals surface area contributed by atoms with Crippen LogP contribution in [0.4, 0.5) is 0 Å². The highest BCUT2D eigenvalue weighted by molar-refractivity contribution is 6.36. The van der Waals surface area contributed by atoms with Crippen LogP contribution in [0.5, 0.6) is 0 Å². The summed E-state index contributed by atoms with van der Waals surface area (Å²) in [5.41, 5.74) is 2.35. The molecular weight excluding hydrogens is 274 g/mol. The number of Topliss-reactive ketones (excluding diaryl/α,β-unsaturated/α-hetero) is 1. The van der Waals surface area contributed by atoms with Gasteiger partial charge >= 0.3 is 0 Å². The first-order valence-corrected chi connectivity index (χ1v) is 7.64. The van der Waals surface area contributed by atoms with Gasteiger partial charge in [-0.25, -0.2) is 0 Å². The number of nitrogens with one attached hydrogen (secondary N) is 1. The predicted molar refractivity (Wildman–Crippen MR) is 87.5 cm³/mol. The van der Waals surface area contributed by atoms with Crippen molar-refractivity contribution < 1.29 is 9.59 Å². The molecule has 1 amide bonds. The van der Waals surface area contributed by atoms with Gasteiger partial charge in [0.25, 0.3) is 5.91 Å². The molecule has 1 N–H and O–H groups in total. The zero-order chi connectivity index (χ0) is 15.6. The molecule has 114 valence electrons. The van der Waals surface area contributed by atoms with Crippen molar-refractivity contribution >= 4 is 11.7 Å². The van der Waals surface area contributed by atoms with Gasteiger partial charge in [0.2, 0.25) is 5.78 Å². The van der Waals surface area contributed by atoms with Gasteiger partial charge in [0.05, 0.1) is 0 Å². The van der Waals surface area contributed by atoms with E-state index in [9.17, 15) is 9.59 Å². The Morgan fingerprint density at radius 1 is 0.773 bits per heavy atom. The van der Waals surface area contributed by atoms with Crippen LogP contribution in [-0.4, -0.2) is 18.2 Å². The van der Waals surface area contributed by atoms with Crippen LogP contribution in [-0.2, 0) is 22.4 Å². The quantitative estimate of drug-likeness (QED) is 0.761. The Morgan fingerprint density at radius 2 is 1.32 bits per heavy atom. The third-order valence-corrected chi connectivity index (χ3v) is 3.51. The Hall–Kier alpha value is -2.42. The molecular formula is C19H21NO2. The van der Waals surface area contributed by atoms with Crippen molar-refractivity contribution in [1.82, 2.24) is 5.32 Å². The number of carbonyl (C=O) groups excluding carboxylic acids is 2. The highest BCUT2D eigenvalue weighted by Gasteiger charge is 2.12. The normalized spacial score (nSPS) is 10.2. The van der Waals surface area contributed by atoms with Gasteiger partial charge in [0, 0.05) is 13.0 Å². The van der Waals surface area contributed by atoms with Crippen LogP contribution in [0.25, 0.3) is 0 Å². The molecule has 0 saturated heterocycles. The maximum Gasteiger partial charge on any atom is 0.287 e. The molecule has 0 spiro atoms. The van der Waals surface area contributed by atoms with E-state index in [2.05, 4.69) is 5.32 Å². The second kappa shape index (κ2) is 8.78.